The van der Waals surface area contributed by atoms with Gasteiger partial charge in [0.25, 0.3) is 0 Å². The standard InChI is InChI=1S/C50H53N5O9/c1-6-48-21-12-23-55-24-22-49(43(48)55)37-27-36(41(61-4)28-40(37)54(3)44(49)50(60,46(58)62-5)45(48)64-30(2)56)32-17-19-34(20-18-32)52-42(57)39(26-35-25-33-15-10-11-16-38(33)51-35)53-47(59)63-29-31-13-8-7-9-14-31/h7-21,25,27-28,39,43-45,51,60H,6,22-24,26,29H2,1-5H3,(H,52,57)(H,53,59)/t39-,43-,44+,45+,48+,49+,50-/m0/s1. The summed E-state index contributed by atoms with van der Waals surface area (Å²) in [6, 6.07) is 28.4. The van der Waals surface area contributed by atoms with Crippen LogP contribution in [0.25, 0.3) is 22.0 Å². The van der Waals surface area contributed by atoms with E-state index in [0.29, 0.717) is 37.4 Å². The van der Waals surface area contributed by atoms with Crippen LogP contribution in [0.3, 0.4) is 0 Å². The third-order valence-corrected chi connectivity index (χ3v) is 14.0. The van der Waals surface area contributed by atoms with Crippen molar-refractivity contribution in [2.24, 2.45) is 5.41 Å². The number of para-hydroxylation sites is 1. The molecule has 9 rings (SSSR count). The number of anilines is 2. The van der Waals surface area contributed by atoms with Crippen LogP contribution >= 0.6 is 0 Å². The molecule has 4 aliphatic rings. The van der Waals surface area contributed by atoms with Crippen LogP contribution in [0, 0.1) is 5.41 Å². The number of aliphatic hydroxyl groups is 1. The Hall–Kier alpha value is -6.64. The number of nitrogens with zero attached hydrogens (tertiary/aromatic N) is 2. The van der Waals surface area contributed by atoms with Crippen molar-refractivity contribution < 1.29 is 43.2 Å². The average molecular weight is 868 g/mol. The molecule has 3 aliphatic heterocycles. The second-order valence-corrected chi connectivity index (χ2v) is 17.4. The molecule has 0 radical (unpaired) electrons. The fraction of sp³-hybridized carbons (Fsp3) is 0.360. The van der Waals surface area contributed by atoms with Crippen molar-refractivity contribution in [2.45, 2.75) is 75.0 Å². The third-order valence-electron chi connectivity index (χ3n) is 14.0. The summed E-state index contributed by atoms with van der Waals surface area (Å²) in [5, 5.41) is 19.8. The van der Waals surface area contributed by atoms with Crippen molar-refractivity contribution in [3.05, 3.63) is 126 Å². The maximum Gasteiger partial charge on any atom is 0.408 e. The minimum Gasteiger partial charge on any atom is -0.496 e. The van der Waals surface area contributed by atoms with Gasteiger partial charge in [0, 0.05) is 78.0 Å². The molecule has 332 valence electrons. The number of nitrogens with one attached hydrogen (secondary N) is 3. The van der Waals surface area contributed by atoms with E-state index in [9.17, 15) is 24.3 Å². The number of carbonyl (C=O) groups is 4. The minimum absolute atomic E-state index is 0.0511. The molecule has 4 aromatic carbocycles. The van der Waals surface area contributed by atoms with Gasteiger partial charge in [-0.1, -0.05) is 79.7 Å². The van der Waals surface area contributed by atoms with Gasteiger partial charge >= 0.3 is 18.0 Å². The quantitative estimate of drug-likeness (QED) is 0.0634. The number of ether oxygens (including phenoxy) is 4. The highest BCUT2D eigenvalue weighted by atomic mass is 16.6. The number of hydrogen-bond acceptors (Lipinski definition) is 11. The first-order chi connectivity index (χ1) is 30.9. The fourth-order valence-electron chi connectivity index (χ4n) is 11.5. The molecule has 0 bridgehead atoms. The molecular formula is C50H53N5O9. The number of amides is 2. The number of H-pyrrole nitrogens is 1. The lowest BCUT2D eigenvalue weighted by Gasteiger charge is -2.63. The summed E-state index contributed by atoms with van der Waals surface area (Å²) in [5.74, 6) is -1.33. The molecule has 1 saturated heterocycles. The normalized spacial score (nSPS) is 25.7. The Labute approximate surface area is 371 Å². The molecule has 14 heteroatoms. The molecule has 1 aliphatic carbocycles. The molecule has 2 fully saturated rings. The van der Waals surface area contributed by atoms with Crippen LogP contribution in [-0.4, -0.2) is 103 Å². The van der Waals surface area contributed by atoms with Crippen LogP contribution in [0.4, 0.5) is 16.2 Å². The lowest BCUT2D eigenvalue weighted by molar-refractivity contribution is -0.228. The Morgan fingerprint density at radius 2 is 1.70 bits per heavy atom. The lowest BCUT2D eigenvalue weighted by Crippen LogP contribution is -2.81. The highest BCUT2D eigenvalue weighted by molar-refractivity contribution is 5.97. The topological polar surface area (TPSA) is 172 Å². The Balaban J connectivity index is 1.04. The van der Waals surface area contributed by atoms with Gasteiger partial charge in [-0.05, 0) is 71.8 Å². The Morgan fingerprint density at radius 1 is 0.953 bits per heavy atom. The fourth-order valence-corrected chi connectivity index (χ4v) is 11.5. The smallest absolute Gasteiger partial charge is 0.408 e. The van der Waals surface area contributed by atoms with Gasteiger partial charge in [-0.3, -0.25) is 14.5 Å². The van der Waals surface area contributed by atoms with Gasteiger partial charge in [0.05, 0.1) is 20.3 Å². The predicted molar refractivity (Wildman–Crippen MR) is 241 cm³/mol. The van der Waals surface area contributed by atoms with E-state index in [1.165, 1.54) is 14.0 Å². The molecule has 0 unspecified atom stereocenters. The Kier molecular flexibility index (Phi) is 11.0. The maximum atomic E-state index is 14.1. The van der Waals surface area contributed by atoms with Gasteiger partial charge in [-0.25, -0.2) is 9.59 Å². The van der Waals surface area contributed by atoms with Gasteiger partial charge in [0.1, 0.15) is 18.4 Å². The highest BCUT2D eigenvalue weighted by Crippen LogP contribution is 2.68. The van der Waals surface area contributed by atoms with Crippen LogP contribution in [-0.2, 0) is 47.0 Å². The van der Waals surface area contributed by atoms with Crippen molar-refractivity contribution >= 4 is 46.2 Å². The van der Waals surface area contributed by atoms with Gasteiger partial charge in [-0.2, -0.15) is 0 Å². The maximum absolute atomic E-state index is 14.1. The van der Waals surface area contributed by atoms with Crippen LogP contribution in [0.15, 0.2) is 109 Å². The van der Waals surface area contributed by atoms with Gasteiger partial charge in [0.2, 0.25) is 11.5 Å². The number of likely N-dealkylation sites (N-methyl/N-ethyl adjacent to an activating group) is 1. The van der Waals surface area contributed by atoms with E-state index in [2.05, 4.69) is 26.6 Å². The van der Waals surface area contributed by atoms with E-state index in [0.717, 1.165) is 44.5 Å². The van der Waals surface area contributed by atoms with E-state index in [1.807, 2.05) is 110 Å². The molecule has 5 aromatic rings. The molecule has 1 spiro atoms. The van der Waals surface area contributed by atoms with Crippen LogP contribution in [0.2, 0.25) is 0 Å². The van der Waals surface area contributed by atoms with Gasteiger partial charge < -0.3 is 44.6 Å². The number of alkyl carbamates (subject to hydrolysis) is 1. The number of fused-ring (bicyclic) bond motifs is 2. The molecule has 14 nitrogen and oxygen atoms in total. The molecule has 1 saturated carbocycles. The second kappa shape index (κ2) is 16.5. The molecule has 1 aromatic heterocycles. The summed E-state index contributed by atoms with van der Waals surface area (Å²) >= 11 is 0. The van der Waals surface area contributed by atoms with Crippen molar-refractivity contribution in [1.29, 1.82) is 0 Å². The van der Waals surface area contributed by atoms with Crippen LogP contribution in [0.5, 0.6) is 5.75 Å². The second-order valence-electron chi connectivity index (χ2n) is 17.4. The SMILES string of the molecule is CC[C@]12C=CCN3CC[C@@]4(c5cc(-c6ccc(NC(=O)[C@H](Cc7cc8ccccc8[nH]7)NC(=O)OCc7ccccc7)cc6)c(OC)cc5N(C)[C@H]4[C@@](O)(C(=O)OC)[C@@H]1OC(C)=O)[C@@H]32. The van der Waals surface area contributed by atoms with E-state index in [4.69, 9.17) is 18.9 Å². The van der Waals surface area contributed by atoms with Crippen molar-refractivity contribution in [3.63, 3.8) is 0 Å². The van der Waals surface area contributed by atoms with E-state index < -0.39 is 58.6 Å². The minimum atomic E-state index is -2.24. The van der Waals surface area contributed by atoms with Gasteiger partial charge in [-0.15, -0.1) is 0 Å². The highest BCUT2D eigenvalue weighted by Gasteiger charge is 2.80. The zero-order chi connectivity index (χ0) is 45.0. The third kappa shape index (κ3) is 6.78. The summed E-state index contributed by atoms with van der Waals surface area (Å²) < 4.78 is 23.0. The van der Waals surface area contributed by atoms with E-state index >= 15 is 0 Å². The number of aromatic nitrogens is 1. The summed E-state index contributed by atoms with van der Waals surface area (Å²) in [5.41, 5.74) is 2.36. The molecule has 4 heterocycles. The number of hydrogen-bond donors (Lipinski definition) is 4. The van der Waals surface area contributed by atoms with Crippen LogP contribution < -0.4 is 20.3 Å². The summed E-state index contributed by atoms with van der Waals surface area (Å²) in [6.45, 7) is 4.72. The molecule has 4 N–H and O–H groups in total. The molecular weight excluding hydrogens is 815 g/mol. The van der Waals surface area contributed by atoms with E-state index in [1.54, 1.807) is 19.2 Å². The lowest BCUT2D eigenvalue weighted by atomic mass is 9.47. The number of methoxy groups -OCH3 is 2. The van der Waals surface area contributed by atoms with E-state index in [-0.39, 0.29) is 19.1 Å². The first kappa shape index (κ1) is 42.7. The number of aromatic amines is 1. The monoisotopic (exact) mass is 867 g/mol. The number of benzene rings is 4. The Bertz CT molecular complexity index is 2620. The van der Waals surface area contributed by atoms with Gasteiger partial charge in [0.15, 0.2) is 6.10 Å². The summed E-state index contributed by atoms with van der Waals surface area (Å²) in [7, 11) is 4.70. The average Bonchev–Trinajstić information content (AvgIpc) is 3.98. The largest absolute Gasteiger partial charge is 0.496 e. The zero-order valence-corrected chi connectivity index (χ0v) is 36.6. The zero-order valence-electron chi connectivity index (χ0n) is 36.6. The van der Waals surface area contributed by atoms with Crippen LogP contribution in [0.1, 0.15) is 43.5 Å². The summed E-state index contributed by atoms with van der Waals surface area (Å²) in [6.07, 6.45) is 3.43. The first-order valence-electron chi connectivity index (χ1n) is 21.7. The number of rotatable bonds is 12. The number of esters is 2. The number of carbonyl (C=O) groups excluding carboxylic acids is 4. The molecule has 7 atom stereocenters. The predicted octanol–water partition coefficient (Wildman–Crippen LogP) is 6.27. The van der Waals surface area contributed by atoms with Crippen molar-refractivity contribution in [1.82, 2.24) is 15.2 Å². The molecule has 2 amide bonds. The first-order valence-corrected chi connectivity index (χ1v) is 21.7. The van der Waals surface area contributed by atoms with Crippen molar-refractivity contribution in [3.8, 4) is 16.9 Å². The van der Waals surface area contributed by atoms with Crippen molar-refractivity contribution in [2.75, 3.05) is 44.6 Å². The Morgan fingerprint density at radius 3 is 2.41 bits per heavy atom. The molecule has 64 heavy (non-hydrogen) atoms. The summed E-state index contributed by atoms with van der Waals surface area (Å²) in [4.78, 5) is 61.8.